The van der Waals surface area contributed by atoms with E-state index in [2.05, 4.69) is 45.2 Å². The molecule has 0 saturated heterocycles. The van der Waals surface area contributed by atoms with Crippen molar-refractivity contribution in [2.24, 2.45) is 4.99 Å². The molecule has 1 aromatic rings. The minimum Gasteiger partial charge on any atom is -0.289 e. The van der Waals surface area contributed by atoms with Gasteiger partial charge in [0.2, 0.25) is 0 Å². The monoisotopic (exact) mass is 223 g/mol. The van der Waals surface area contributed by atoms with E-state index in [1.165, 1.54) is 12.0 Å². The lowest BCUT2D eigenvalue weighted by Gasteiger charge is -2.05. The fourth-order valence-electron chi connectivity index (χ4n) is 1.45. The van der Waals surface area contributed by atoms with Crippen LogP contribution in [0.4, 0.5) is 0 Å². The van der Waals surface area contributed by atoms with Crippen LogP contribution >= 0.6 is 15.9 Å². The highest BCUT2D eigenvalue weighted by atomic mass is 79.9. The van der Waals surface area contributed by atoms with Crippen LogP contribution in [0.3, 0.4) is 0 Å². The summed E-state index contributed by atoms with van der Waals surface area (Å²) in [7, 11) is 0. The minimum atomic E-state index is 0.415. The zero-order valence-corrected chi connectivity index (χ0v) is 8.29. The molecule has 1 atom stereocenters. The highest BCUT2D eigenvalue weighted by Crippen LogP contribution is 2.26. The Bertz CT molecular complexity index is 289. The van der Waals surface area contributed by atoms with E-state index < -0.39 is 0 Å². The summed E-state index contributed by atoms with van der Waals surface area (Å²) in [4.78, 5) is 4.40. The number of nitrogens with zero attached hydrogens (tertiary/aromatic N) is 1. The molecule has 0 unspecified atom stereocenters. The standard InChI is InChI=1S/C10H10BrN/c11-9-5-3-8(4-6-9)10-2-1-7-12-10/h3-7,10H,1-2H2/t10-/m1/s1. The molecule has 62 valence electrons. The highest BCUT2D eigenvalue weighted by Gasteiger charge is 2.11. The smallest absolute Gasteiger partial charge is 0.0748 e. The number of hydrogen-bond acceptors (Lipinski definition) is 1. The summed E-state index contributed by atoms with van der Waals surface area (Å²) in [5.41, 5.74) is 1.33. The molecule has 0 radical (unpaired) electrons. The third kappa shape index (κ3) is 1.58. The van der Waals surface area contributed by atoms with Gasteiger partial charge in [-0.2, -0.15) is 0 Å². The van der Waals surface area contributed by atoms with E-state index in [0.717, 1.165) is 10.9 Å². The molecule has 12 heavy (non-hydrogen) atoms. The summed E-state index contributed by atoms with van der Waals surface area (Å²) in [6, 6.07) is 8.83. The first-order chi connectivity index (χ1) is 5.86. The molecular weight excluding hydrogens is 214 g/mol. The SMILES string of the molecule is Brc1ccc([C@H]2CCC=N2)cc1. The quantitative estimate of drug-likeness (QED) is 0.693. The van der Waals surface area contributed by atoms with Gasteiger partial charge in [-0.3, -0.25) is 4.99 Å². The average Bonchev–Trinajstić information content (AvgIpc) is 2.58. The maximum Gasteiger partial charge on any atom is 0.0748 e. The first kappa shape index (κ1) is 7.99. The number of aliphatic imine (C=N–C) groups is 1. The minimum absolute atomic E-state index is 0.415. The first-order valence-corrected chi connectivity index (χ1v) is 4.92. The Morgan fingerprint density at radius 2 is 2.00 bits per heavy atom. The van der Waals surface area contributed by atoms with Crippen LogP contribution in [0.5, 0.6) is 0 Å². The predicted molar refractivity (Wildman–Crippen MR) is 54.6 cm³/mol. The second-order valence-electron chi connectivity index (χ2n) is 2.98. The van der Waals surface area contributed by atoms with Gasteiger partial charge < -0.3 is 0 Å². The van der Waals surface area contributed by atoms with Crippen molar-refractivity contribution in [3.63, 3.8) is 0 Å². The molecular formula is C10H10BrN. The summed E-state index contributed by atoms with van der Waals surface area (Å²) in [5.74, 6) is 0. The van der Waals surface area contributed by atoms with Crippen molar-refractivity contribution in [2.45, 2.75) is 18.9 Å². The van der Waals surface area contributed by atoms with E-state index in [0.29, 0.717) is 6.04 Å². The number of rotatable bonds is 1. The van der Waals surface area contributed by atoms with Crippen LogP contribution in [0.1, 0.15) is 24.4 Å². The lowest BCUT2D eigenvalue weighted by atomic mass is 10.1. The zero-order valence-electron chi connectivity index (χ0n) is 6.70. The van der Waals surface area contributed by atoms with Crippen molar-refractivity contribution in [3.05, 3.63) is 34.3 Å². The Morgan fingerprint density at radius 1 is 1.25 bits per heavy atom. The Kier molecular flexibility index (Phi) is 2.26. The molecule has 0 N–H and O–H groups in total. The van der Waals surface area contributed by atoms with Crippen LogP contribution in [0.25, 0.3) is 0 Å². The van der Waals surface area contributed by atoms with Crippen LogP contribution in [0, 0.1) is 0 Å². The summed E-state index contributed by atoms with van der Waals surface area (Å²) in [6.45, 7) is 0. The van der Waals surface area contributed by atoms with E-state index in [1.54, 1.807) is 0 Å². The van der Waals surface area contributed by atoms with Crippen molar-refractivity contribution in [1.82, 2.24) is 0 Å². The Hall–Kier alpha value is -0.630. The first-order valence-electron chi connectivity index (χ1n) is 4.13. The highest BCUT2D eigenvalue weighted by molar-refractivity contribution is 9.10. The van der Waals surface area contributed by atoms with E-state index in [1.807, 2.05) is 6.21 Å². The van der Waals surface area contributed by atoms with E-state index >= 15 is 0 Å². The van der Waals surface area contributed by atoms with Gasteiger partial charge in [0.15, 0.2) is 0 Å². The van der Waals surface area contributed by atoms with Crippen LogP contribution in [0.2, 0.25) is 0 Å². The second-order valence-corrected chi connectivity index (χ2v) is 3.89. The topological polar surface area (TPSA) is 12.4 Å². The third-order valence-electron chi connectivity index (χ3n) is 2.11. The fraction of sp³-hybridized carbons (Fsp3) is 0.300. The molecule has 0 amide bonds. The summed E-state index contributed by atoms with van der Waals surface area (Å²) in [5, 5.41) is 0. The lowest BCUT2D eigenvalue weighted by molar-refractivity contribution is 0.723. The molecule has 1 heterocycles. The lowest BCUT2D eigenvalue weighted by Crippen LogP contribution is -1.89. The molecule has 0 saturated carbocycles. The number of hydrogen-bond donors (Lipinski definition) is 0. The van der Waals surface area contributed by atoms with Crippen LogP contribution in [-0.2, 0) is 0 Å². The average molecular weight is 224 g/mol. The van der Waals surface area contributed by atoms with Crippen molar-refractivity contribution in [3.8, 4) is 0 Å². The van der Waals surface area contributed by atoms with E-state index in [9.17, 15) is 0 Å². The molecule has 0 bridgehead atoms. The van der Waals surface area contributed by atoms with Crippen molar-refractivity contribution in [1.29, 1.82) is 0 Å². The van der Waals surface area contributed by atoms with Crippen molar-refractivity contribution in [2.75, 3.05) is 0 Å². The Balaban J connectivity index is 2.23. The van der Waals surface area contributed by atoms with Gasteiger partial charge in [0, 0.05) is 4.47 Å². The van der Waals surface area contributed by atoms with Gasteiger partial charge in [-0.05, 0) is 36.8 Å². The second kappa shape index (κ2) is 3.40. The van der Waals surface area contributed by atoms with Gasteiger partial charge in [-0.1, -0.05) is 28.1 Å². The summed E-state index contributed by atoms with van der Waals surface area (Å²) < 4.78 is 1.13. The van der Waals surface area contributed by atoms with Crippen LogP contribution in [0.15, 0.2) is 33.7 Å². The molecule has 2 rings (SSSR count). The predicted octanol–water partition coefficient (Wildman–Crippen LogP) is 3.35. The molecule has 1 aliphatic rings. The number of halogens is 1. The summed E-state index contributed by atoms with van der Waals surface area (Å²) >= 11 is 3.42. The van der Waals surface area contributed by atoms with Gasteiger partial charge in [0.05, 0.1) is 6.04 Å². The molecule has 2 heteroatoms. The normalized spacial score (nSPS) is 21.6. The van der Waals surface area contributed by atoms with Gasteiger partial charge in [-0.25, -0.2) is 0 Å². The van der Waals surface area contributed by atoms with Crippen molar-refractivity contribution >= 4 is 22.1 Å². The zero-order chi connectivity index (χ0) is 8.39. The third-order valence-corrected chi connectivity index (χ3v) is 2.64. The molecule has 0 fully saturated rings. The maximum absolute atomic E-state index is 4.40. The van der Waals surface area contributed by atoms with Gasteiger partial charge >= 0.3 is 0 Å². The fourth-order valence-corrected chi connectivity index (χ4v) is 1.71. The molecule has 1 nitrogen and oxygen atoms in total. The van der Waals surface area contributed by atoms with Gasteiger partial charge in [-0.15, -0.1) is 0 Å². The largest absolute Gasteiger partial charge is 0.289 e. The van der Waals surface area contributed by atoms with Crippen molar-refractivity contribution < 1.29 is 0 Å². The van der Waals surface area contributed by atoms with Gasteiger partial charge in [0.1, 0.15) is 0 Å². The number of benzene rings is 1. The van der Waals surface area contributed by atoms with Crippen LogP contribution in [-0.4, -0.2) is 6.21 Å². The maximum atomic E-state index is 4.40. The molecule has 1 aromatic carbocycles. The molecule has 0 spiro atoms. The Labute approximate surface area is 80.6 Å². The Morgan fingerprint density at radius 3 is 2.58 bits per heavy atom. The van der Waals surface area contributed by atoms with E-state index in [-0.39, 0.29) is 0 Å². The molecule has 1 aliphatic heterocycles. The van der Waals surface area contributed by atoms with Crippen LogP contribution < -0.4 is 0 Å². The summed E-state index contributed by atoms with van der Waals surface area (Å²) in [6.07, 6.45) is 4.31. The molecule has 0 aromatic heterocycles. The molecule has 0 aliphatic carbocycles. The van der Waals surface area contributed by atoms with Gasteiger partial charge in [0.25, 0.3) is 0 Å². The van der Waals surface area contributed by atoms with E-state index in [4.69, 9.17) is 0 Å².